The normalized spacial score (nSPS) is 16.0. The highest BCUT2D eigenvalue weighted by Crippen LogP contribution is 2.40. The lowest BCUT2D eigenvalue weighted by molar-refractivity contribution is 0.179. The summed E-state index contributed by atoms with van der Waals surface area (Å²) in [6, 6.07) is 5.44. The van der Waals surface area contributed by atoms with Crippen LogP contribution in [0.1, 0.15) is 5.56 Å². The number of rotatable bonds is 7. The van der Waals surface area contributed by atoms with Crippen LogP contribution < -0.4 is 14.2 Å². The molecule has 2 heterocycles. The average Bonchev–Trinajstić information content (AvgIpc) is 3.07. The molecule has 0 spiro atoms. The first kappa shape index (κ1) is 22.8. The maximum Gasteiger partial charge on any atom is 0.252 e. The molecule has 0 bridgehead atoms. The van der Waals surface area contributed by atoms with Gasteiger partial charge in [-0.2, -0.15) is 4.31 Å². The van der Waals surface area contributed by atoms with Crippen molar-refractivity contribution in [3.63, 3.8) is 0 Å². The van der Waals surface area contributed by atoms with E-state index in [1.807, 2.05) is 12.1 Å². The summed E-state index contributed by atoms with van der Waals surface area (Å²) in [5.41, 5.74) is 0.965. The predicted octanol–water partition coefficient (Wildman–Crippen LogP) is 3.81. The zero-order chi connectivity index (χ0) is 21.2. The fourth-order valence-corrected chi connectivity index (χ4v) is 7.63. The highest BCUT2D eigenvalue weighted by Gasteiger charge is 2.31. The molecule has 0 aliphatic carbocycles. The molecule has 0 amide bonds. The van der Waals surface area contributed by atoms with Crippen LogP contribution in [-0.4, -0.2) is 65.1 Å². The number of ether oxygens (including phenoxy) is 3. The molecule has 7 nitrogen and oxygen atoms in total. The molecule has 3 rings (SSSR count). The number of piperazine rings is 1. The highest BCUT2D eigenvalue weighted by molar-refractivity contribution is 9.13. The lowest BCUT2D eigenvalue weighted by atomic mass is 10.1. The second-order valence-electron chi connectivity index (χ2n) is 6.36. The van der Waals surface area contributed by atoms with Crippen molar-refractivity contribution in [2.75, 3.05) is 47.5 Å². The van der Waals surface area contributed by atoms with Gasteiger partial charge in [-0.25, -0.2) is 8.42 Å². The molecule has 11 heteroatoms. The molecule has 29 heavy (non-hydrogen) atoms. The molecule has 1 saturated heterocycles. The number of benzene rings is 1. The summed E-state index contributed by atoms with van der Waals surface area (Å²) in [5, 5.41) is 0. The average molecular weight is 570 g/mol. The summed E-state index contributed by atoms with van der Waals surface area (Å²) < 4.78 is 45.5. The van der Waals surface area contributed by atoms with E-state index in [0.29, 0.717) is 54.2 Å². The fraction of sp³-hybridized carbons (Fsp3) is 0.444. The molecule has 0 atom stereocenters. The first-order valence-electron chi connectivity index (χ1n) is 8.77. The van der Waals surface area contributed by atoms with E-state index in [4.69, 9.17) is 14.2 Å². The van der Waals surface area contributed by atoms with Crippen LogP contribution in [0.25, 0.3) is 0 Å². The van der Waals surface area contributed by atoms with Gasteiger partial charge in [-0.15, -0.1) is 11.3 Å². The van der Waals surface area contributed by atoms with Gasteiger partial charge in [0.1, 0.15) is 4.21 Å². The van der Waals surface area contributed by atoms with Gasteiger partial charge in [0, 0.05) is 42.8 Å². The van der Waals surface area contributed by atoms with E-state index in [1.54, 1.807) is 31.7 Å². The number of nitrogens with zero attached hydrogens (tertiary/aromatic N) is 2. The zero-order valence-corrected chi connectivity index (χ0v) is 21.1. The van der Waals surface area contributed by atoms with Gasteiger partial charge < -0.3 is 14.2 Å². The Morgan fingerprint density at radius 3 is 2.17 bits per heavy atom. The topological polar surface area (TPSA) is 68.3 Å². The minimum absolute atomic E-state index is 0.339. The van der Waals surface area contributed by atoms with Crippen LogP contribution in [0.3, 0.4) is 0 Å². The third-order valence-electron chi connectivity index (χ3n) is 4.73. The fourth-order valence-electron chi connectivity index (χ4n) is 3.24. The van der Waals surface area contributed by atoms with Crippen LogP contribution in [0.15, 0.2) is 30.7 Å². The van der Waals surface area contributed by atoms with E-state index in [0.717, 1.165) is 13.8 Å². The molecule has 1 aromatic carbocycles. The Hall–Kier alpha value is -0.850. The molecule has 1 aromatic heterocycles. The van der Waals surface area contributed by atoms with Gasteiger partial charge in [0.05, 0.1) is 25.1 Å². The number of hydrogen-bond donors (Lipinski definition) is 0. The van der Waals surface area contributed by atoms with Crippen molar-refractivity contribution in [3.05, 3.63) is 32.0 Å². The highest BCUT2D eigenvalue weighted by atomic mass is 79.9. The predicted molar refractivity (Wildman–Crippen MR) is 120 cm³/mol. The molecular formula is C18H22Br2N2O5S2. The van der Waals surface area contributed by atoms with Gasteiger partial charge in [-0.05, 0) is 44.0 Å². The number of hydrogen-bond acceptors (Lipinski definition) is 7. The van der Waals surface area contributed by atoms with Crippen LogP contribution >= 0.6 is 43.2 Å². The van der Waals surface area contributed by atoms with Crippen molar-refractivity contribution in [3.8, 4) is 17.2 Å². The van der Waals surface area contributed by atoms with Crippen LogP contribution in [0, 0.1) is 0 Å². The largest absolute Gasteiger partial charge is 0.493 e. The Morgan fingerprint density at radius 1 is 1.00 bits per heavy atom. The molecule has 1 aliphatic heterocycles. The summed E-state index contributed by atoms with van der Waals surface area (Å²) in [4.78, 5) is 2.20. The van der Waals surface area contributed by atoms with Gasteiger partial charge in [-0.3, -0.25) is 4.90 Å². The van der Waals surface area contributed by atoms with Gasteiger partial charge in [0.25, 0.3) is 10.0 Å². The zero-order valence-electron chi connectivity index (χ0n) is 16.3. The van der Waals surface area contributed by atoms with Crippen LogP contribution in [0.5, 0.6) is 17.2 Å². The number of thiophene rings is 1. The summed E-state index contributed by atoms with van der Waals surface area (Å²) >= 11 is 7.94. The second kappa shape index (κ2) is 9.52. The quantitative estimate of drug-likeness (QED) is 0.505. The molecule has 0 N–H and O–H groups in total. The third-order valence-corrected chi connectivity index (χ3v) is 10.3. The minimum atomic E-state index is -3.49. The van der Waals surface area contributed by atoms with Crippen molar-refractivity contribution in [2.45, 2.75) is 10.8 Å². The number of methoxy groups -OCH3 is 3. The molecular weight excluding hydrogens is 548 g/mol. The third kappa shape index (κ3) is 4.75. The van der Waals surface area contributed by atoms with Crippen LogP contribution in [0.4, 0.5) is 0 Å². The Balaban J connectivity index is 1.70. The lowest BCUT2D eigenvalue weighted by Crippen LogP contribution is -2.48. The number of halogens is 2. The first-order chi connectivity index (χ1) is 13.8. The maximum atomic E-state index is 12.9. The maximum absolute atomic E-state index is 12.9. The van der Waals surface area contributed by atoms with Crippen molar-refractivity contribution in [2.24, 2.45) is 0 Å². The van der Waals surface area contributed by atoms with Crippen LogP contribution in [-0.2, 0) is 16.6 Å². The molecule has 2 aromatic rings. The first-order valence-corrected chi connectivity index (χ1v) is 12.6. The lowest BCUT2D eigenvalue weighted by Gasteiger charge is -2.34. The van der Waals surface area contributed by atoms with Crippen molar-refractivity contribution in [1.82, 2.24) is 9.21 Å². The molecule has 0 saturated carbocycles. The van der Waals surface area contributed by atoms with Gasteiger partial charge >= 0.3 is 0 Å². The van der Waals surface area contributed by atoms with E-state index in [1.165, 1.54) is 11.3 Å². The van der Waals surface area contributed by atoms with Crippen LogP contribution in [0.2, 0.25) is 0 Å². The Labute approximate surface area is 191 Å². The van der Waals surface area contributed by atoms with Gasteiger partial charge in [0.2, 0.25) is 5.75 Å². The smallest absolute Gasteiger partial charge is 0.252 e. The summed E-state index contributed by atoms with van der Waals surface area (Å²) in [5.74, 6) is 1.80. The van der Waals surface area contributed by atoms with E-state index in [-0.39, 0.29) is 0 Å². The Morgan fingerprint density at radius 2 is 1.66 bits per heavy atom. The Bertz CT molecular complexity index is 953. The summed E-state index contributed by atoms with van der Waals surface area (Å²) in [7, 11) is 1.27. The monoisotopic (exact) mass is 568 g/mol. The molecule has 1 aliphatic rings. The van der Waals surface area contributed by atoms with Crippen molar-refractivity contribution in [1.29, 1.82) is 0 Å². The van der Waals surface area contributed by atoms with Crippen molar-refractivity contribution < 1.29 is 22.6 Å². The molecule has 160 valence electrons. The van der Waals surface area contributed by atoms with Crippen molar-refractivity contribution >= 4 is 53.2 Å². The van der Waals surface area contributed by atoms with Gasteiger partial charge in [0.15, 0.2) is 11.5 Å². The standard InChI is InChI=1S/C18H22Br2N2O5S2/c1-25-14-5-4-12(16(26-2)17(14)27-3)11-21-6-8-22(9-7-21)29(23,24)15-10-13(19)18(20)28-15/h4-5,10H,6-9,11H2,1-3H3. The molecule has 0 unspecified atom stereocenters. The van der Waals surface area contributed by atoms with E-state index < -0.39 is 10.0 Å². The van der Waals surface area contributed by atoms with E-state index >= 15 is 0 Å². The van der Waals surface area contributed by atoms with E-state index in [2.05, 4.69) is 36.8 Å². The second-order valence-corrected chi connectivity index (χ2v) is 11.7. The minimum Gasteiger partial charge on any atom is -0.493 e. The van der Waals surface area contributed by atoms with E-state index in [9.17, 15) is 8.42 Å². The molecule has 1 fully saturated rings. The summed E-state index contributed by atoms with van der Waals surface area (Å²) in [6.07, 6.45) is 0. The Kier molecular flexibility index (Phi) is 7.50. The summed E-state index contributed by atoms with van der Waals surface area (Å²) in [6.45, 7) is 2.76. The van der Waals surface area contributed by atoms with Gasteiger partial charge in [-0.1, -0.05) is 6.07 Å². The molecule has 0 radical (unpaired) electrons. The number of sulfonamides is 1. The SMILES string of the molecule is COc1ccc(CN2CCN(S(=O)(=O)c3cc(Br)c(Br)s3)CC2)c(OC)c1OC.